The predicted octanol–water partition coefficient (Wildman–Crippen LogP) is 4.09. The highest BCUT2D eigenvalue weighted by Gasteiger charge is 2.18. The van der Waals surface area contributed by atoms with Gasteiger partial charge in [-0.05, 0) is 48.9 Å². The summed E-state index contributed by atoms with van der Waals surface area (Å²) in [6.07, 6.45) is 0. The first-order valence-corrected chi connectivity index (χ1v) is 12.1. The van der Waals surface area contributed by atoms with Gasteiger partial charge in [0.1, 0.15) is 0 Å². The van der Waals surface area contributed by atoms with E-state index in [0.717, 1.165) is 16.9 Å². The Morgan fingerprint density at radius 2 is 1.81 bits per heavy atom. The fourth-order valence-electron chi connectivity index (χ4n) is 3.27. The summed E-state index contributed by atoms with van der Waals surface area (Å²) in [5, 5.41) is 0. The maximum absolute atomic E-state index is 12.9. The summed E-state index contributed by atoms with van der Waals surface area (Å²) >= 11 is 1.00. The Kier molecular flexibility index (Phi) is 6.11. The number of anilines is 1. The lowest BCUT2D eigenvalue weighted by Crippen LogP contribution is -2.14. The molecule has 164 valence electrons. The summed E-state index contributed by atoms with van der Waals surface area (Å²) in [5.74, 6) is -0.528. The number of carbonyl (C=O) groups excluding carboxylic acids is 1. The second-order valence-corrected chi connectivity index (χ2v) is 9.65. The minimum atomic E-state index is -3.93. The summed E-state index contributed by atoms with van der Waals surface area (Å²) in [5.41, 5.74) is 2.14. The minimum Gasteiger partial charge on any atom is -0.462 e. The van der Waals surface area contributed by atoms with Crippen molar-refractivity contribution in [1.82, 2.24) is 4.57 Å². The number of hydrogen-bond acceptors (Lipinski definition) is 6. The number of benzene rings is 3. The van der Waals surface area contributed by atoms with Crippen molar-refractivity contribution in [3.05, 3.63) is 93.6 Å². The molecule has 0 amide bonds. The molecule has 0 spiro atoms. The van der Waals surface area contributed by atoms with Gasteiger partial charge in [-0.3, -0.25) is 14.1 Å². The molecule has 0 saturated carbocycles. The summed E-state index contributed by atoms with van der Waals surface area (Å²) in [6.45, 7) is 2.33. The monoisotopic (exact) mass is 468 g/mol. The number of nitrogens with one attached hydrogen (secondary N) is 1. The van der Waals surface area contributed by atoms with Crippen molar-refractivity contribution in [2.24, 2.45) is 0 Å². The Labute approximate surface area is 189 Å². The van der Waals surface area contributed by atoms with Crippen LogP contribution in [0.1, 0.15) is 22.8 Å². The number of sulfonamides is 1. The van der Waals surface area contributed by atoms with Crippen molar-refractivity contribution in [2.45, 2.75) is 18.4 Å². The highest BCUT2D eigenvalue weighted by atomic mass is 32.2. The standard InChI is InChI=1S/C23H20N2O5S2/c1-2-30-22(26)17-9-6-10-18(13-17)24-32(28,29)19-11-12-20-21(14-19)31-23(27)25(20)15-16-7-4-3-5-8-16/h3-14,24H,2,15H2,1H3. The molecular weight excluding hydrogens is 448 g/mol. The summed E-state index contributed by atoms with van der Waals surface area (Å²) < 4.78 is 35.5. The molecule has 0 saturated heterocycles. The van der Waals surface area contributed by atoms with E-state index in [2.05, 4.69) is 4.72 Å². The number of esters is 1. The summed E-state index contributed by atoms with van der Waals surface area (Å²) in [7, 11) is -3.93. The van der Waals surface area contributed by atoms with Crippen LogP contribution in [0.3, 0.4) is 0 Å². The highest BCUT2D eigenvalue weighted by molar-refractivity contribution is 7.92. The number of fused-ring (bicyclic) bond motifs is 1. The molecule has 1 heterocycles. The molecule has 0 aliphatic rings. The molecule has 4 rings (SSSR count). The fraction of sp³-hybridized carbons (Fsp3) is 0.130. The zero-order valence-corrected chi connectivity index (χ0v) is 18.8. The molecule has 0 bridgehead atoms. The van der Waals surface area contributed by atoms with E-state index in [1.54, 1.807) is 35.8 Å². The minimum absolute atomic E-state index is 0.0275. The third-order valence-corrected chi connectivity index (χ3v) is 7.08. The maximum atomic E-state index is 12.9. The van der Waals surface area contributed by atoms with Crippen molar-refractivity contribution in [2.75, 3.05) is 11.3 Å². The molecule has 0 unspecified atom stereocenters. The quantitative estimate of drug-likeness (QED) is 0.412. The van der Waals surface area contributed by atoms with Crippen LogP contribution in [0.15, 0.2) is 82.5 Å². The number of thiazole rings is 1. The third-order valence-electron chi connectivity index (χ3n) is 4.76. The lowest BCUT2D eigenvalue weighted by atomic mass is 10.2. The van der Waals surface area contributed by atoms with Crippen LogP contribution in [-0.2, 0) is 21.3 Å². The van der Waals surface area contributed by atoms with Gasteiger partial charge in [0.2, 0.25) is 0 Å². The molecule has 0 atom stereocenters. The van der Waals surface area contributed by atoms with Gasteiger partial charge in [-0.1, -0.05) is 47.7 Å². The van der Waals surface area contributed by atoms with E-state index in [4.69, 9.17) is 4.74 Å². The first-order chi connectivity index (χ1) is 15.4. The Morgan fingerprint density at radius 3 is 2.56 bits per heavy atom. The number of carbonyl (C=O) groups is 1. The van der Waals surface area contributed by atoms with E-state index >= 15 is 0 Å². The first-order valence-electron chi connectivity index (χ1n) is 9.85. The molecule has 3 aromatic carbocycles. The molecule has 7 nitrogen and oxygen atoms in total. The van der Waals surface area contributed by atoms with Gasteiger partial charge in [-0.15, -0.1) is 0 Å². The smallest absolute Gasteiger partial charge is 0.338 e. The van der Waals surface area contributed by atoms with E-state index in [1.165, 1.54) is 18.2 Å². The van der Waals surface area contributed by atoms with Crippen LogP contribution in [0.2, 0.25) is 0 Å². The van der Waals surface area contributed by atoms with E-state index < -0.39 is 16.0 Å². The van der Waals surface area contributed by atoms with Crippen LogP contribution >= 0.6 is 11.3 Å². The van der Waals surface area contributed by atoms with Crippen molar-refractivity contribution >= 4 is 43.2 Å². The average Bonchev–Trinajstić information content (AvgIpc) is 3.09. The number of rotatable bonds is 7. The van der Waals surface area contributed by atoms with Crippen molar-refractivity contribution < 1.29 is 17.9 Å². The molecule has 4 aromatic rings. The summed E-state index contributed by atoms with van der Waals surface area (Å²) in [4.78, 5) is 24.3. The van der Waals surface area contributed by atoms with Crippen LogP contribution in [0.25, 0.3) is 10.2 Å². The van der Waals surface area contributed by atoms with Crippen LogP contribution in [0.4, 0.5) is 5.69 Å². The Morgan fingerprint density at radius 1 is 1.03 bits per heavy atom. The summed E-state index contributed by atoms with van der Waals surface area (Å²) in [6, 6.07) is 20.3. The van der Waals surface area contributed by atoms with Gasteiger partial charge in [-0.25, -0.2) is 13.2 Å². The van der Waals surface area contributed by atoms with Gasteiger partial charge < -0.3 is 4.74 Å². The highest BCUT2D eigenvalue weighted by Crippen LogP contribution is 2.24. The van der Waals surface area contributed by atoms with Crippen LogP contribution in [-0.4, -0.2) is 25.6 Å². The van der Waals surface area contributed by atoms with Crippen molar-refractivity contribution in [3.8, 4) is 0 Å². The number of ether oxygens (including phenoxy) is 1. The number of aromatic nitrogens is 1. The molecule has 0 aliphatic heterocycles. The molecular formula is C23H20N2O5S2. The zero-order chi connectivity index (χ0) is 22.7. The van der Waals surface area contributed by atoms with Gasteiger partial charge in [-0.2, -0.15) is 0 Å². The Hall–Kier alpha value is -3.43. The van der Waals surface area contributed by atoms with Crippen molar-refractivity contribution in [1.29, 1.82) is 0 Å². The topological polar surface area (TPSA) is 94.5 Å². The Bertz CT molecular complexity index is 1440. The van der Waals surface area contributed by atoms with Gasteiger partial charge in [0.15, 0.2) is 0 Å². The molecule has 0 fully saturated rings. The lowest BCUT2D eigenvalue weighted by Gasteiger charge is -2.10. The lowest BCUT2D eigenvalue weighted by molar-refractivity contribution is 0.0526. The normalized spacial score (nSPS) is 11.4. The van der Waals surface area contributed by atoms with E-state index in [0.29, 0.717) is 16.8 Å². The van der Waals surface area contributed by atoms with E-state index in [9.17, 15) is 18.0 Å². The van der Waals surface area contributed by atoms with Crippen LogP contribution in [0, 0.1) is 0 Å². The van der Waals surface area contributed by atoms with Gasteiger partial charge in [0, 0.05) is 5.69 Å². The van der Waals surface area contributed by atoms with Crippen molar-refractivity contribution in [3.63, 3.8) is 0 Å². The average molecular weight is 469 g/mol. The first kappa shape index (κ1) is 21.8. The maximum Gasteiger partial charge on any atom is 0.338 e. The predicted molar refractivity (Wildman–Crippen MR) is 125 cm³/mol. The molecule has 0 radical (unpaired) electrons. The number of nitrogens with zero attached hydrogens (tertiary/aromatic N) is 1. The SMILES string of the molecule is CCOC(=O)c1cccc(NS(=O)(=O)c2ccc3c(c2)sc(=O)n3Cc2ccccc2)c1. The zero-order valence-electron chi connectivity index (χ0n) is 17.1. The molecule has 1 aromatic heterocycles. The van der Waals surface area contributed by atoms with Gasteiger partial charge in [0.05, 0.1) is 33.8 Å². The largest absolute Gasteiger partial charge is 0.462 e. The Balaban J connectivity index is 1.63. The second kappa shape index (κ2) is 8.97. The third kappa shape index (κ3) is 4.58. The fourth-order valence-corrected chi connectivity index (χ4v) is 5.35. The van der Waals surface area contributed by atoms with E-state index in [-0.39, 0.29) is 27.6 Å². The van der Waals surface area contributed by atoms with Gasteiger partial charge in [0.25, 0.3) is 10.0 Å². The van der Waals surface area contributed by atoms with Gasteiger partial charge >= 0.3 is 10.8 Å². The second-order valence-electron chi connectivity index (χ2n) is 6.98. The number of hydrogen-bond donors (Lipinski definition) is 1. The van der Waals surface area contributed by atoms with E-state index in [1.807, 2.05) is 30.3 Å². The molecule has 9 heteroatoms. The molecule has 32 heavy (non-hydrogen) atoms. The van der Waals surface area contributed by atoms with Crippen LogP contribution < -0.4 is 9.60 Å². The van der Waals surface area contributed by atoms with Crippen LogP contribution in [0.5, 0.6) is 0 Å². The molecule has 0 aliphatic carbocycles. The molecule has 1 N–H and O–H groups in total.